The molecule has 1 fully saturated rings. The fraction of sp³-hybridized carbons (Fsp3) is 0.833. The van der Waals surface area contributed by atoms with E-state index in [4.69, 9.17) is 8.85 Å². The van der Waals surface area contributed by atoms with Gasteiger partial charge in [0.15, 0.2) is 8.32 Å². The Balaban J connectivity index is 3.39. The molecule has 0 spiro atoms. The van der Waals surface area contributed by atoms with Crippen molar-refractivity contribution in [2.75, 3.05) is 0 Å². The predicted molar refractivity (Wildman–Crippen MR) is 137 cm³/mol. The van der Waals surface area contributed by atoms with Crippen LogP contribution in [0.3, 0.4) is 0 Å². The summed E-state index contributed by atoms with van der Waals surface area (Å²) in [5.74, 6) is 3.72. The number of rotatable bonds is 8. The second-order valence-corrected chi connectivity index (χ2v) is 25.3. The van der Waals surface area contributed by atoms with Crippen LogP contribution in [0.5, 0.6) is 0 Å². The van der Waals surface area contributed by atoms with Crippen molar-refractivity contribution in [3.05, 3.63) is 12.7 Å². The zero-order chi connectivity index (χ0) is 22.6. The fourth-order valence-corrected chi connectivity index (χ4v) is 16.2. The van der Waals surface area contributed by atoms with Crippen molar-refractivity contribution >= 4 is 24.7 Å². The maximum Gasteiger partial charge on any atom is 0.203 e. The van der Waals surface area contributed by atoms with Gasteiger partial charge >= 0.3 is 0 Å². The van der Waals surface area contributed by atoms with E-state index in [0.717, 1.165) is 18.5 Å². The van der Waals surface area contributed by atoms with E-state index in [2.05, 4.69) is 99.2 Å². The average Bonchev–Trinajstić information content (AvgIpc) is 2.59. The molecule has 0 aromatic heterocycles. The summed E-state index contributed by atoms with van der Waals surface area (Å²) in [5, 5.41) is 0. The minimum atomic E-state index is -1.97. The summed E-state index contributed by atoms with van der Waals surface area (Å²) in [7, 11) is -5.38. The molecule has 0 radical (unpaired) electrons. The van der Waals surface area contributed by atoms with Crippen LogP contribution in [0.1, 0.15) is 61.8 Å². The molecule has 1 aliphatic heterocycles. The van der Waals surface area contributed by atoms with E-state index in [1.54, 1.807) is 0 Å². The highest BCUT2D eigenvalue weighted by Crippen LogP contribution is 2.44. The van der Waals surface area contributed by atoms with Crippen molar-refractivity contribution in [2.24, 2.45) is 0 Å². The number of hydrogen-bond acceptors (Lipinski definition) is 2. The van der Waals surface area contributed by atoms with Crippen molar-refractivity contribution in [1.82, 2.24) is 0 Å². The zero-order valence-corrected chi connectivity index (χ0v) is 24.2. The van der Waals surface area contributed by atoms with Gasteiger partial charge in [-0.1, -0.05) is 67.4 Å². The summed E-state index contributed by atoms with van der Waals surface area (Å²) < 4.78 is 13.6. The molecule has 0 saturated carbocycles. The van der Waals surface area contributed by atoms with Gasteiger partial charge < -0.3 is 8.85 Å². The van der Waals surface area contributed by atoms with Crippen molar-refractivity contribution in [2.45, 2.75) is 128 Å². The first-order valence-corrected chi connectivity index (χ1v) is 19.8. The molecule has 29 heavy (non-hydrogen) atoms. The molecular weight excluding hydrogens is 405 g/mol. The van der Waals surface area contributed by atoms with Crippen LogP contribution in [0.4, 0.5) is 0 Å². The van der Waals surface area contributed by atoms with Crippen LogP contribution in [0.2, 0.25) is 53.9 Å². The van der Waals surface area contributed by atoms with Gasteiger partial charge in [0.2, 0.25) is 8.32 Å². The third-order valence-electron chi connectivity index (χ3n) is 7.10. The molecule has 1 rings (SSSR count). The molecule has 0 amide bonds. The maximum absolute atomic E-state index is 6.91. The Morgan fingerprint density at radius 2 is 1.52 bits per heavy atom. The van der Waals surface area contributed by atoms with E-state index in [1.807, 2.05) is 0 Å². The van der Waals surface area contributed by atoms with E-state index in [9.17, 15) is 0 Å². The molecule has 2 nitrogen and oxygen atoms in total. The third-order valence-corrected chi connectivity index (χ3v) is 19.4. The molecule has 0 N–H and O–H groups in total. The second kappa shape index (κ2) is 10.5. The van der Waals surface area contributed by atoms with Crippen molar-refractivity contribution in [3.63, 3.8) is 0 Å². The van der Waals surface area contributed by atoms with Gasteiger partial charge in [-0.05, 0) is 48.4 Å². The average molecular weight is 453 g/mol. The number of hydrogen-bond donors (Lipinski definition) is 0. The first-order chi connectivity index (χ1) is 13.3. The zero-order valence-electron chi connectivity index (χ0n) is 21.2. The third kappa shape index (κ3) is 5.98. The SMILES string of the molecule is C=C[C@@H]1[C@H](O[Si](C)(C)C)C[C@@H](C#C[Si](C(C)C)(C(C)C)C(C)C)O[Si]1(CC)CC. The van der Waals surface area contributed by atoms with E-state index in [1.165, 1.54) is 0 Å². The molecule has 1 aliphatic rings. The lowest BCUT2D eigenvalue weighted by atomic mass is 10.1. The van der Waals surface area contributed by atoms with Gasteiger partial charge in [0.1, 0.15) is 14.2 Å². The first kappa shape index (κ1) is 26.9. The summed E-state index contributed by atoms with van der Waals surface area (Å²) in [5.41, 5.74) is 6.22. The Bertz CT molecular complexity index is 570. The van der Waals surface area contributed by atoms with Crippen LogP contribution < -0.4 is 0 Å². The van der Waals surface area contributed by atoms with Crippen LogP contribution in [0.25, 0.3) is 0 Å². The summed E-state index contributed by atoms with van der Waals surface area (Å²) >= 11 is 0. The topological polar surface area (TPSA) is 18.5 Å². The molecule has 0 unspecified atom stereocenters. The quantitative estimate of drug-likeness (QED) is 0.213. The maximum atomic E-state index is 6.91. The summed E-state index contributed by atoms with van der Waals surface area (Å²) in [4.78, 5) is 0. The summed E-state index contributed by atoms with van der Waals surface area (Å²) in [6.07, 6.45) is 3.26. The molecule has 1 heterocycles. The minimum absolute atomic E-state index is 0.0160. The van der Waals surface area contributed by atoms with E-state index in [-0.39, 0.29) is 12.2 Å². The van der Waals surface area contributed by atoms with Crippen LogP contribution in [-0.4, -0.2) is 36.9 Å². The largest absolute Gasteiger partial charge is 0.414 e. The van der Waals surface area contributed by atoms with Crippen LogP contribution in [0, 0.1) is 11.5 Å². The van der Waals surface area contributed by atoms with Crippen molar-refractivity contribution in [1.29, 1.82) is 0 Å². The van der Waals surface area contributed by atoms with Gasteiger partial charge in [-0.25, -0.2) is 0 Å². The molecular formula is C24H48O2Si3. The highest BCUT2D eigenvalue weighted by Gasteiger charge is 2.50. The predicted octanol–water partition coefficient (Wildman–Crippen LogP) is 7.76. The molecule has 0 aromatic carbocycles. The molecule has 0 aliphatic carbocycles. The lowest BCUT2D eigenvalue weighted by Crippen LogP contribution is -2.56. The Labute approximate surface area is 185 Å². The van der Waals surface area contributed by atoms with Gasteiger partial charge in [-0.15, -0.1) is 12.1 Å². The van der Waals surface area contributed by atoms with Gasteiger partial charge in [0, 0.05) is 12.0 Å². The Morgan fingerprint density at radius 1 is 1.03 bits per heavy atom. The monoisotopic (exact) mass is 452 g/mol. The second-order valence-electron chi connectivity index (χ2n) is 10.8. The van der Waals surface area contributed by atoms with Crippen molar-refractivity contribution < 1.29 is 8.85 Å². The van der Waals surface area contributed by atoms with Gasteiger partial charge in [0.25, 0.3) is 0 Å². The normalized spacial score (nSPS) is 25.2. The smallest absolute Gasteiger partial charge is 0.203 e. The Hall–Kier alpha value is -0.129. The Kier molecular flexibility index (Phi) is 9.70. The molecule has 168 valence electrons. The first-order valence-electron chi connectivity index (χ1n) is 11.8. The van der Waals surface area contributed by atoms with E-state index >= 15 is 0 Å². The molecule has 3 atom stereocenters. The van der Waals surface area contributed by atoms with Crippen LogP contribution in [-0.2, 0) is 8.85 Å². The highest BCUT2D eigenvalue weighted by molar-refractivity contribution is 6.90. The highest BCUT2D eigenvalue weighted by atomic mass is 28.4. The summed E-state index contributed by atoms with van der Waals surface area (Å²) in [6, 6.07) is 2.20. The van der Waals surface area contributed by atoms with Crippen molar-refractivity contribution in [3.8, 4) is 11.5 Å². The lowest BCUT2D eigenvalue weighted by Gasteiger charge is -2.48. The van der Waals surface area contributed by atoms with Gasteiger partial charge in [0.05, 0.1) is 6.10 Å². The molecule has 5 heteroatoms. The van der Waals surface area contributed by atoms with E-state index in [0.29, 0.717) is 22.2 Å². The van der Waals surface area contributed by atoms with Crippen LogP contribution in [0.15, 0.2) is 12.7 Å². The molecule has 0 bridgehead atoms. The summed E-state index contributed by atoms with van der Waals surface area (Å²) in [6.45, 7) is 29.9. The minimum Gasteiger partial charge on any atom is -0.414 e. The molecule has 1 saturated heterocycles. The van der Waals surface area contributed by atoms with E-state index < -0.39 is 24.7 Å². The lowest BCUT2D eigenvalue weighted by molar-refractivity contribution is 0.0881. The fourth-order valence-electron chi connectivity index (χ4n) is 5.66. The standard InChI is InChI=1S/C24H48O2Si3/c1-13-24-23(26-27(10,11)12)18-22(25-28(24,14-2)15-3)16-17-29(19(4)5,20(6)7)21(8)9/h13,19-24H,1,14-15,18H2,2-12H3/t22-,23-,24-/m1/s1. The molecule has 0 aromatic rings. The van der Waals surface area contributed by atoms with Gasteiger partial charge in [-0.2, -0.15) is 0 Å². The Morgan fingerprint density at radius 3 is 1.86 bits per heavy atom. The van der Waals surface area contributed by atoms with Crippen LogP contribution >= 0.6 is 0 Å². The van der Waals surface area contributed by atoms with Gasteiger partial charge in [-0.3, -0.25) is 0 Å².